The second-order valence-corrected chi connectivity index (χ2v) is 4.22. The van der Waals surface area contributed by atoms with Crippen LogP contribution in [0.2, 0.25) is 0 Å². The summed E-state index contributed by atoms with van der Waals surface area (Å²) in [5, 5.41) is 10.3. The third-order valence-corrected chi connectivity index (χ3v) is 2.67. The number of nitrogens with one attached hydrogen (secondary N) is 1. The van der Waals surface area contributed by atoms with Gasteiger partial charge in [-0.3, -0.25) is 4.79 Å². The molecule has 0 aromatic carbocycles. The Balaban J connectivity index is 1.98. The fourth-order valence-corrected chi connectivity index (χ4v) is 1.47. The highest BCUT2D eigenvalue weighted by atomic mass is 79.9. The number of rotatable bonds is 3. The Hall–Kier alpha value is -1.76. The fourth-order valence-electron chi connectivity index (χ4n) is 1.24. The summed E-state index contributed by atoms with van der Waals surface area (Å²) >= 11 is 3.21. The van der Waals surface area contributed by atoms with Crippen molar-refractivity contribution in [2.45, 2.75) is 6.54 Å². The molecule has 0 aliphatic rings. The van der Waals surface area contributed by atoms with Crippen LogP contribution in [0.5, 0.6) is 0 Å². The lowest BCUT2D eigenvalue weighted by Crippen LogP contribution is -2.24. The van der Waals surface area contributed by atoms with Crippen molar-refractivity contribution < 1.29 is 4.79 Å². The molecule has 0 spiro atoms. The van der Waals surface area contributed by atoms with Crippen molar-refractivity contribution in [1.29, 1.82) is 0 Å². The van der Waals surface area contributed by atoms with Crippen LogP contribution in [0.15, 0.2) is 29.3 Å². The third-order valence-electron chi connectivity index (χ3n) is 2.20. The van der Waals surface area contributed by atoms with Crippen LogP contribution in [0.4, 0.5) is 0 Å². The number of carbonyl (C=O) groups is 1. The van der Waals surface area contributed by atoms with E-state index in [2.05, 4.69) is 36.4 Å². The molecule has 2 rings (SSSR count). The molecule has 2 aromatic heterocycles. The molecule has 0 saturated carbocycles. The molecule has 88 valence electrons. The predicted molar refractivity (Wildman–Crippen MR) is 64.1 cm³/mol. The van der Waals surface area contributed by atoms with Crippen LogP contribution >= 0.6 is 15.9 Å². The van der Waals surface area contributed by atoms with Gasteiger partial charge in [0.05, 0.1) is 12.1 Å². The zero-order valence-electron chi connectivity index (χ0n) is 9.09. The molecular weight excluding hydrogens is 286 g/mol. The van der Waals surface area contributed by atoms with Crippen molar-refractivity contribution in [2.75, 3.05) is 0 Å². The number of amides is 1. The Morgan fingerprint density at radius 1 is 1.53 bits per heavy atom. The highest BCUT2D eigenvalue weighted by Crippen LogP contribution is 2.06. The van der Waals surface area contributed by atoms with Gasteiger partial charge in [0, 0.05) is 13.2 Å². The van der Waals surface area contributed by atoms with Gasteiger partial charge in [-0.2, -0.15) is 0 Å². The third kappa shape index (κ3) is 2.88. The molecule has 0 radical (unpaired) electrons. The minimum Gasteiger partial charge on any atom is -0.345 e. The Labute approximate surface area is 106 Å². The van der Waals surface area contributed by atoms with E-state index in [0.717, 1.165) is 0 Å². The van der Waals surface area contributed by atoms with Crippen molar-refractivity contribution in [3.05, 3.63) is 40.6 Å². The molecule has 1 N–H and O–H groups in total. The number of aromatic nitrogens is 4. The first-order chi connectivity index (χ1) is 8.16. The number of carbonyl (C=O) groups excluding carboxylic acids is 1. The Morgan fingerprint density at radius 2 is 2.35 bits per heavy atom. The second kappa shape index (κ2) is 5.05. The average molecular weight is 296 g/mol. The topological polar surface area (TPSA) is 72.7 Å². The summed E-state index contributed by atoms with van der Waals surface area (Å²) in [7, 11) is 1.82. The smallest absolute Gasteiger partial charge is 0.253 e. The lowest BCUT2D eigenvalue weighted by molar-refractivity contribution is 0.0949. The summed E-state index contributed by atoms with van der Waals surface area (Å²) in [6.07, 6.45) is 3.10. The molecule has 2 heterocycles. The minimum absolute atomic E-state index is 0.187. The predicted octanol–water partition coefficient (Wildman–Crippen LogP) is 0.903. The standard InChI is InChI=1S/C10H10BrN5O/c1-16-6-14-15-9(16)5-13-10(17)7-2-3-8(11)12-4-7/h2-4,6H,5H2,1H3,(H,13,17). The van der Waals surface area contributed by atoms with Gasteiger partial charge in [-0.25, -0.2) is 4.98 Å². The first-order valence-electron chi connectivity index (χ1n) is 4.89. The highest BCUT2D eigenvalue weighted by Gasteiger charge is 2.07. The van der Waals surface area contributed by atoms with Gasteiger partial charge >= 0.3 is 0 Å². The number of nitrogens with zero attached hydrogens (tertiary/aromatic N) is 4. The number of pyridine rings is 1. The molecule has 1 amide bonds. The van der Waals surface area contributed by atoms with Crippen LogP contribution < -0.4 is 5.32 Å². The maximum atomic E-state index is 11.7. The van der Waals surface area contributed by atoms with Crippen molar-refractivity contribution in [3.8, 4) is 0 Å². The fraction of sp³-hybridized carbons (Fsp3) is 0.200. The Morgan fingerprint density at radius 3 is 2.94 bits per heavy atom. The van der Waals surface area contributed by atoms with Gasteiger partial charge in [-0.1, -0.05) is 0 Å². The zero-order valence-corrected chi connectivity index (χ0v) is 10.7. The largest absolute Gasteiger partial charge is 0.345 e. The van der Waals surface area contributed by atoms with Gasteiger partial charge < -0.3 is 9.88 Å². The molecule has 0 aliphatic heterocycles. The molecule has 6 nitrogen and oxygen atoms in total. The van der Waals surface area contributed by atoms with Crippen molar-refractivity contribution in [3.63, 3.8) is 0 Å². The van der Waals surface area contributed by atoms with Crippen molar-refractivity contribution >= 4 is 21.8 Å². The number of hydrogen-bond acceptors (Lipinski definition) is 4. The monoisotopic (exact) mass is 295 g/mol. The normalized spacial score (nSPS) is 10.2. The van der Waals surface area contributed by atoms with Crippen LogP contribution in [0.3, 0.4) is 0 Å². The molecule has 0 atom stereocenters. The SMILES string of the molecule is Cn1cnnc1CNC(=O)c1ccc(Br)nc1. The molecule has 0 aliphatic carbocycles. The van der Waals surface area contributed by atoms with Crippen molar-refractivity contribution in [2.24, 2.45) is 7.05 Å². The van der Waals surface area contributed by atoms with E-state index in [1.165, 1.54) is 6.20 Å². The molecule has 17 heavy (non-hydrogen) atoms. The van der Waals surface area contributed by atoms with Gasteiger partial charge in [0.2, 0.25) is 0 Å². The van der Waals surface area contributed by atoms with Gasteiger partial charge in [-0.05, 0) is 28.1 Å². The number of hydrogen-bond donors (Lipinski definition) is 1. The van der Waals surface area contributed by atoms with E-state index in [4.69, 9.17) is 0 Å². The quantitative estimate of drug-likeness (QED) is 0.854. The summed E-state index contributed by atoms with van der Waals surface area (Å²) < 4.78 is 2.45. The van der Waals surface area contributed by atoms with Crippen LogP contribution in [0, 0.1) is 0 Å². The zero-order chi connectivity index (χ0) is 12.3. The maximum Gasteiger partial charge on any atom is 0.253 e. The summed E-state index contributed by atoms with van der Waals surface area (Å²) in [4.78, 5) is 15.7. The summed E-state index contributed by atoms with van der Waals surface area (Å²) in [6, 6.07) is 3.42. The molecule has 7 heteroatoms. The van der Waals surface area contributed by atoms with E-state index in [9.17, 15) is 4.79 Å². The molecular formula is C10H10BrN5O. The first-order valence-corrected chi connectivity index (χ1v) is 5.69. The molecule has 0 fully saturated rings. The summed E-state index contributed by atoms with van der Waals surface area (Å²) in [5.41, 5.74) is 0.510. The second-order valence-electron chi connectivity index (χ2n) is 3.41. The summed E-state index contributed by atoms with van der Waals surface area (Å²) in [5.74, 6) is 0.511. The average Bonchev–Trinajstić information content (AvgIpc) is 2.73. The lowest BCUT2D eigenvalue weighted by atomic mass is 10.3. The van der Waals surface area contributed by atoms with E-state index < -0.39 is 0 Å². The lowest BCUT2D eigenvalue weighted by Gasteiger charge is -2.04. The van der Waals surface area contributed by atoms with E-state index >= 15 is 0 Å². The van der Waals surface area contributed by atoms with Crippen LogP contribution in [-0.2, 0) is 13.6 Å². The van der Waals surface area contributed by atoms with E-state index in [-0.39, 0.29) is 5.91 Å². The Kier molecular flexibility index (Phi) is 3.48. The van der Waals surface area contributed by atoms with Crippen molar-refractivity contribution in [1.82, 2.24) is 25.1 Å². The molecule has 0 bridgehead atoms. The minimum atomic E-state index is -0.187. The molecule has 2 aromatic rings. The summed E-state index contributed by atoms with van der Waals surface area (Å²) in [6.45, 7) is 0.339. The first kappa shape index (κ1) is 11.7. The van der Waals surface area contributed by atoms with Crippen LogP contribution in [0.1, 0.15) is 16.2 Å². The number of aryl methyl sites for hydroxylation is 1. The molecule has 0 unspecified atom stereocenters. The Bertz CT molecular complexity index is 522. The van der Waals surface area contributed by atoms with E-state index in [1.54, 1.807) is 23.0 Å². The van der Waals surface area contributed by atoms with Gasteiger partial charge in [0.1, 0.15) is 10.9 Å². The number of halogens is 1. The highest BCUT2D eigenvalue weighted by molar-refractivity contribution is 9.10. The van der Waals surface area contributed by atoms with Gasteiger partial charge in [0.25, 0.3) is 5.91 Å². The molecule has 0 saturated heterocycles. The van der Waals surface area contributed by atoms with Crippen LogP contribution in [0.25, 0.3) is 0 Å². The van der Waals surface area contributed by atoms with Gasteiger partial charge in [0.15, 0.2) is 5.82 Å². The van der Waals surface area contributed by atoms with Crippen LogP contribution in [-0.4, -0.2) is 25.7 Å². The van der Waals surface area contributed by atoms with Gasteiger partial charge in [-0.15, -0.1) is 10.2 Å². The van der Waals surface area contributed by atoms with E-state index in [0.29, 0.717) is 22.5 Å². The van der Waals surface area contributed by atoms with E-state index in [1.807, 2.05) is 7.05 Å². The maximum absolute atomic E-state index is 11.7.